The lowest BCUT2D eigenvalue weighted by Gasteiger charge is -2.13. The summed E-state index contributed by atoms with van der Waals surface area (Å²) in [4.78, 5) is 0. The van der Waals surface area contributed by atoms with E-state index >= 15 is 0 Å². The van der Waals surface area contributed by atoms with Gasteiger partial charge in [-0.25, -0.2) is 0 Å². The predicted octanol–water partition coefficient (Wildman–Crippen LogP) is 3.48. The van der Waals surface area contributed by atoms with Crippen molar-refractivity contribution >= 4 is 23.2 Å². The fraction of sp³-hybridized carbons (Fsp3) is 0.455. The molecule has 0 aliphatic rings. The van der Waals surface area contributed by atoms with Crippen molar-refractivity contribution in [2.45, 2.75) is 18.7 Å². The normalized spacial score (nSPS) is 13.7. The number of rotatable bonds is 5. The third-order valence-corrected chi connectivity index (χ3v) is 2.63. The van der Waals surface area contributed by atoms with Crippen LogP contribution < -0.4 is 0 Å². The van der Waals surface area contributed by atoms with E-state index in [1.165, 1.54) is 6.07 Å². The van der Waals surface area contributed by atoms with Gasteiger partial charge in [0.05, 0.1) is 12.7 Å². The van der Waals surface area contributed by atoms with Crippen molar-refractivity contribution in [1.29, 1.82) is 0 Å². The van der Waals surface area contributed by atoms with Crippen molar-refractivity contribution in [2.24, 2.45) is 0 Å². The van der Waals surface area contributed by atoms with Crippen molar-refractivity contribution in [3.63, 3.8) is 0 Å². The van der Waals surface area contributed by atoms with Gasteiger partial charge in [-0.05, 0) is 17.7 Å². The molecule has 18 heavy (non-hydrogen) atoms. The van der Waals surface area contributed by atoms with Gasteiger partial charge in [0, 0.05) is 16.5 Å². The number of benzene rings is 1. The highest BCUT2D eigenvalue weighted by molar-refractivity contribution is 6.35. The topological polar surface area (TPSA) is 29.5 Å². The molecule has 1 aromatic rings. The molecule has 0 spiro atoms. The van der Waals surface area contributed by atoms with E-state index in [4.69, 9.17) is 23.2 Å². The van der Waals surface area contributed by atoms with Gasteiger partial charge >= 0.3 is 6.18 Å². The number of ether oxygens (including phenoxy) is 1. The molecule has 0 fully saturated rings. The summed E-state index contributed by atoms with van der Waals surface area (Å²) < 4.78 is 39.7. The second-order valence-corrected chi connectivity index (χ2v) is 4.57. The van der Waals surface area contributed by atoms with E-state index in [1.54, 1.807) is 12.1 Å². The van der Waals surface area contributed by atoms with Crippen LogP contribution in [0.4, 0.5) is 13.2 Å². The third-order valence-electron chi connectivity index (χ3n) is 2.05. The first kappa shape index (κ1) is 15.6. The number of hydrogen-bond acceptors (Lipinski definition) is 2. The van der Waals surface area contributed by atoms with Crippen LogP contribution in [-0.2, 0) is 11.2 Å². The van der Waals surface area contributed by atoms with E-state index in [9.17, 15) is 18.3 Å². The van der Waals surface area contributed by atoms with Crippen molar-refractivity contribution in [3.05, 3.63) is 33.8 Å². The van der Waals surface area contributed by atoms with Gasteiger partial charge in [-0.3, -0.25) is 0 Å². The Hall–Kier alpha value is -0.490. The fourth-order valence-electron chi connectivity index (χ4n) is 1.31. The van der Waals surface area contributed by atoms with Crippen molar-refractivity contribution in [2.75, 3.05) is 13.2 Å². The predicted molar refractivity (Wildman–Crippen MR) is 63.0 cm³/mol. The van der Waals surface area contributed by atoms with Crippen LogP contribution in [0.5, 0.6) is 0 Å². The first-order valence-electron chi connectivity index (χ1n) is 5.04. The van der Waals surface area contributed by atoms with Crippen molar-refractivity contribution < 1.29 is 23.0 Å². The van der Waals surface area contributed by atoms with Crippen LogP contribution in [0.25, 0.3) is 0 Å². The lowest BCUT2D eigenvalue weighted by molar-refractivity contribution is -0.179. The molecular weight excluding hydrogens is 292 g/mol. The second kappa shape index (κ2) is 6.61. The highest BCUT2D eigenvalue weighted by Crippen LogP contribution is 2.22. The van der Waals surface area contributed by atoms with E-state index in [0.29, 0.717) is 15.6 Å². The lowest BCUT2D eigenvalue weighted by Crippen LogP contribution is -2.24. The van der Waals surface area contributed by atoms with Crippen LogP contribution in [0.15, 0.2) is 18.2 Å². The second-order valence-electron chi connectivity index (χ2n) is 3.72. The molecule has 1 N–H and O–H groups in total. The molecule has 0 saturated heterocycles. The van der Waals surface area contributed by atoms with Gasteiger partial charge in [-0.1, -0.05) is 29.3 Å². The Bertz CT molecular complexity index is 396. The summed E-state index contributed by atoms with van der Waals surface area (Å²) in [6, 6.07) is 4.70. The minimum atomic E-state index is -4.39. The van der Waals surface area contributed by atoms with Crippen LogP contribution >= 0.6 is 23.2 Å². The largest absolute Gasteiger partial charge is 0.411 e. The van der Waals surface area contributed by atoms with E-state index in [2.05, 4.69) is 4.74 Å². The van der Waals surface area contributed by atoms with Gasteiger partial charge in [0.25, 0.3) is 0 Å². The molecule has 2 nitrogen and oxygen atoms in total. The average Bonchev–Trinajstić information content (AvgIpc) is 2.20. The Balaban J connectivity index is 2.42. The summed E-state index contributed by atoms with van der Waals surface area (Å²) in [7, 11) is 0. The van der Waals surface area contributed by atoms with Gasteiger partial charge in [0.1, 0.15) is 6.61 Å². The third kappa shape index (κ3) is 5.91. The van der Waals surface area contributed by atoms with E-state index in [1.807, 2.05) is 0 Å². The van der Waals surface area contributed by atoms with Gasteiger partial charge in [0.15, 0.2) is 0 Å². The van der Waals surface area contributed by atoms with Crippen LogP contribution in [0.1, 0.15) is 5.56 Å². The fourth-order valence-corrected chi connectivity index (χ4v) is 1.80. The minimum absolute atomic E-state index is 0.105. The van der Waals surface area contributed by atoms with E-state index in [-0.39, 0.29) is 6.42 Å². The molecule has 7 heteroatoms. The SMILES string of the molecule is OC(COCC(F)(F)F)Cc1ccc(Cl)cc1Cl. The molecule has 0 aliphatic heterocycles. The average molecular weight is 303 g/mol. The molecule has 102 valence electrons. The molecule has 1 atom stereocenters. The van der Waals surface area contributed by atoms with Crippen LogP contribution in [0, 0.1) is 0 Å². The smallest absolute Gasteiger partial charge is 0.390 e. The monoisotopic (exact) mass is 302 g/mol. The summed E-state index contributed by atoms with van der Waals surface area (Å²) >= 11 is 11.6. The van der Waals surface area contributed by atoms with Gasteiger partial charge < -0.3 is 9.84 Å². The van der Waals surface area contributed by atoms with Gasteiger partial charge in [-0.2, -0.15) is 13.2 Å². The maximum Gasteiger partial charge on any atom is 0.411 e. The molecular formula is C11H11Cl2F3O2. The zero-order chi connectivity index (χ0) is 13.8. The van der Waals surface area contributed by atoms with Crippen molar-refractivity contribution in [3.8, 4) is 0 Å². The number of aliphatic hydroxyl groups is 1. The quantitative estimate of drug-likeness (QED) is 0.902. The zero-order valence-electron chi connectivity index (χ0n) is 9.18. The Labute approximate surface area is 112 Å². The zero-order valence-corrected chi connectivity index (χ0v) is 10.7. The summed E-state index contributed by atoms with van der Waals surface area (Å²) in [5, 5.41) is 10.3. The first-order valence-corrected chi connectivity index (χ1v) is 5.80. The maximum atomic E-state index is 11.8. The molecule has 0 heterocycles. The van der Waals surface area contributed by atoms with Crippen LogP contribution in [0.3, 0.4) is 0 Å². The highest BCUT2D eigenvalue weighted by atomic mass is 35.5. The molecule has 0 saturated carbocycles. The Morgan fingerprint density at radius 2 is 1.94 bits per heavy atom. The molecule has 1 aromatic carbocycles. The molecule has 0 amide bonds. The van der Waals surface area contributed by atoms with Gasteiger partial charge in [0.2, 0.25) is 0 Å². The summed E-state index contributed by atoms with van der Waals surface area (Å²) in [5.41, 5.74) is 0.601. The van der Waals surface area contributed by atoms with E-state index < -0.39 is 25.5 Å². The number of halogens is 5. The molecule has 1 rings (SSSR count). The summed E-state index contributed by atoms with van der Waals surface area (Å²) in [5.74, 6) is 0. The van der Waals surface area contributed by atoms with E-state index in [0.717, 1.165) is 0 Å². The minimum Gasteiger partial charge on any atom is -0.390 e. The lowest BCUT2D eigenvalue weighted by atomic mass is 10.1. The molecule has 1 unspecified atom stereocenters. The summed E-state index contributed by atoms with van der Waals surface area (Å²) in [6.07, 6.45) is -5.34. The molecule has 0 aromatic heterocycles. The highest BCUT2D eigenvalue weighted by Gasteiger charge is 2.27. The van der Waals surface area contributed by atoms with Crippen LogP contribution in [-0.4, -0.2) is 30.6 Å². The first-order chi connectivity index (χ1) is 8.28. The summed E-state index contributed by atoms with van der Waals surface area (Å²) in [6.45, 7) is -1.78. The molecule has 0 bridgehead atoms. The number of alkyl halides is 3. The Morgan fingerprint density at radius 3 is 2.50 bits per heavy atom. The number of hydrogen-bond donors (Lipinski definition) is 1. The van der Waals surface area contributed by atoms with Crippen molar-refractivity contribution in [1.82, 2.24) is 0 Å². The Kier molecular flexibility index (Phi) is 5.72. The maximum absolute atomic E-state index is 11.8. The molecule has 0 radical (unpaired) electrons. The molecule has 0 aliphatic carbocycles. The standard InChI is InChI=1S/C11H11Cl2F3O2/c12-8-2-1-7(10(13)4-8)3-9(17)5-18-6-11(14,15)16/h1-2,4,9,17H,3,5-6H2. The number of aliphatic hydroxyl groups excluding tert-OH is 1. The van der Waals surface area contributed by atoms with Crippen LogP contribution in [0.2, 0.25) is 10.0 Å². The Morgan fingerprint density at radius 1 is 1.28 bits per heavy atom. The van der Waals surface area contributed by atoms with Gasteiger partial charge in [-0.15, -0.1) is 0 Å².